The first-order chi connectivity index (χ1) is 6.91. The third kappa shape index (κ3) is 1.92. The van der Waals surface area contributed by atoms with Crippen LogP contribution in [-0.4, -0.2) is 12.0 Å². The van der Waals surface area contributed by atoms with Crippen molar-refractivity contribution in [1.82, 2.24) is 4.91 Å². The predicted molar refractivity (Wildman–Crippen MR) is 42.9 cm³/mol. The summed E-state index contributed by atoms with van der Waals surface area (Å²) < 4.78 is 36.3. The standard InChI is InChI=1S/C8H3F3O.H2N3/c9-8(10,11)6-3-4-1-2-5(6)7(4)12;1-3-2/h1-3H;1-2H/q;+1. The van der Waals surface area contributed by atoms with Crippen LogP contribution in [0, 0.1) is 11.1 Å². The maximum Gasteiger partial charge on any atom is 0.417 e. The Hall–Kier alpha value is -2.01. The molecule has 2 rings (SSSR count). The summed E-state index contributed by atoms with van der Waals surface area (Å²) in [5, 5.41) is 0. The fourth-order valence-electron chi connectivity index (χ4n) is 1.27. The highest BCUT2D eigenvalue weighted by atomic mass is 19.4. The topological polar surface area (TPSA) is 78.9 Å². The molecule has 4 nitrogen and oxygen atoms in total. The number of allylic oxidation sites excluding steroid dienone is 6. The molecule has 0 aromatic heterocycles. The smallest absolute Gasteiger partial charge is 0.289 e. The first-order valence-corrected chi connectivity index (χ1v) is 3.71. The van der Waals surface area contributed by atoms with E-state index in [2.05, 4.69) is 0 Å². The number of hydrogen-bond donors (Lipinski definition) is 2. The van der Waals surface area contributed by atoms with Gasteiger partial charge in [-0.1, -0.05) is 6.08 Å². The van der Waals surface area contributed by atoms with E-state index in [1.54, 1.807) is 0 Å². The Bertz CT molecular complexity index is 437. The SMILES string of the molecule is N=[N+]=N.O=C1C2=CC(C(F)(F)F)=C1C=C2. The predicted octanol–water partition coefficient (Wildman–Crippen LogP) is 2.04. The van der Waals surface area contributed by atoms with Gasteiger partial charge in [0.25, 0.3) is 0 Å². The van der Waals surface area contributed by atoms with E-state index in [0.717, 1.165) is 6.08 Å². The number of Topliss-reactive ketones (excluding diaryl/α,β-unsaturated/α-hetero) is 1. The van der Waals surface area contributed by atoms with Crippen molar-refractivity contribution in [3.05, 3.63) is 34.9 Å². The van der Waals surface area contributed by atoms with E-state index >= 15 is 0 Å². The summed E-state index contributed by atoms with van der Waals surface area (Å²) in [6.45, 7) is 0. The quantitative estimate of drug-likeness (QED) is 0.471. The minimum Gasteiger partial charge on any atom is -0.289 e. The highest BCUT2D eigenvalue weighted by molar-refractivity contribution is 6.19. The summed E-state index contributed by atoms with van der Waals surface area (Å²) >= 11 is 0. The lowest BCUT2D eigenvalue weighted by Gasteiger charge is -2.06. The van der Waals surface area contributed by atoms with Gasteiger partial charge in [-0.05, 0) is 12.2 Å². The van der Waals surface area contributed by atoms with Crippen LogP contribution in [0.15, 0.2) is 34.9 Å². The summed E-state index contributed by atoms with van der Waals surface area (Å²) in [6, 6.07) is 0. The Kier molecular flexibility index (Phi) is 2.67. The highest BCUT2D eigenvalue weighted by Crippen LogP contribution is 2.39. The second-order valence-electron chi connectivity index (χ2n) is 2.70. The van der Waals surface area contributed by atoms with Crippen LogP contribution in [0.1, 0.15) is 0 Å². The van der Waals surface area contributed by atoms with Gasteiger partial charge in [-0.3, -0.25) is 4.79 Å². The Morgan fingerprint density at radius 2 is 1.73 bits per heavy atom. The molecule has 0 fully saturated rings. The van der Waals surface area contributed by atoms with Gasteiger partial charge in [-0.15, -0.1) is 0 Å². The van der Waals surface area contributed by atoms with Crippen molar-refractivity contribution in [2.24, 2.45) is 0 Å². The molecule has 0 atom stereocenters. The van der Waals surface area contributed by atoms with E-state index in [1.807, 2.05) is 4.91 Å². The molecule has 0 saturated carbocycles. The van der Waals surface area contributed by atoms with Crippen LogP contribution < -0.4 is 4.91 Å². The number of nitrogens with one attached hydrogen (secondary N) is 2. The fourth-order valence-corrected chi connectivity index (χ4v) is 1.27. The number of halogens is 3. The zero-order valence-corrected chi connectivity index (χ0v) is 7.22. The van der Waals surface area contributed by atoms with Gasteiger partial charge < -0.3 is 0 Å². The Morgan fingerprint density at radius 3 is 1.93 bits per heavy atom. The van der Waals surface area contributed by atoms with Crippen molar-refractivity contribution < 1.29 is 18.0 Å². The van der Waals surface area contributed by atoms with Crippen molar-refractivity contribution in [3.63, 3.8) is 0 Å². The molecule has 0 amide bonds. The van der Waals surface area contributed by atoms with Crippen LogP contribution in [0.2, 0.25) is 0 Å². The van der Waals surface area contributed by atoms with Crippen LogP contribution >= 0.6 is 0 Å². The van der Waals surface area contributed by atoms with Crippen LogP contribution in [0.5, 0.6) is 0 Å². The number of alkyl halides is 3. The van der Waals surface area contributed by atoms with Crippen molar-refractivity contribution in [2.45, 2.75) is 6.18 Å². The summed E-state index contributed by atoms with van der Waals surface area (Å²) in [6.07, 6.45) is -0.914. The second-order valence-corrected chi connectivity index (χ2v) is 2.70. The molecule has 0 spiro atoms. The molecule has 0 heterocycles. The molecular formula is C8H5F3N3O+. The van der Waals surface area contributed by atoms with E-state index in [-0.39, 0.29) is 11.1 Å². The number of rotatable bonds is 0. The highest BCUT2D eigenvalue weighted by Gasteiger charge is 2.41. The van der Waals surface area contributed by atoms with Crippen molar-refractivity contribution in [2.75, 3.05) is 0 Å². The molecule has 0 unspecified atom stereocenters. The van der Waals surface area contributed by atoms with Crippen molar-refractivity contribution in [1.29, 1.82) is 11.1 Å². The van der Waals surface area contributed by atoms with E-state index in [9.17, 15) is 18.0 Å². The molecule has 78 valence electrons. The fraction of sp³-hybridized carbons (Fsp3) is 0.125. The number of fused-ring (bicyclic) bond motifs is 2. The molecule has 0 saturated heterocycles. The molecule has 2 aliphatic carbocycles. The first kappa shape index (κ1) is 11.1. The van der Waals surface area contributed by atoms with Gasteiger partial charge in [0.2, 0.25) is 4.91 Å². The molecule has 0 aliphatic heterocycles. The second kappa shape index (κ2) is 3.62. The molecule has 15 heavy (non-hydrogen) atoms. The van der Waals surface area contributed by atoms with Gasteiger partial charge in [0.05, 0.1) is 5.57 Å². The average molecular weight is 216 g/mol. The van der Waals surface area contributed by atoms with E-state index in [1.165, 1.54) is 12.2 Å². The van der Waals surface area contributed by atoms with Gasteiger partial charge in [0, 0.05) is 11.1 Å². The average Bonchev–Trinajstić information content (AvgIpc) is 2.62. The minimum atomic E-state index is -4.41. The van der Waals surface area contributed by atoms with Gasteiger partial charge in [0.1, 0.15) is 11.1 Å². The van der Waals surface area contributed by atoms with E-state index < -0.39 is 17.5 Å². The monoisotopic (exact) mass is 216 g/mol. The molecule has 0 aromatic carbocycles. The molecule has 2 bridgehead atoms. The first-order valence-electron chi connectivity index (χ1n) is 3.71. The normalized spacial score (nSPS) is 17.3. The van der Waals surface area contributed by atoms with Gasteiger partial charge in [0.15, 0.2) is 5.78 Å². The maximum atomic E-state index is 12.1. The van der Waals surface area contributed by atoms with Crippen LogP contribution in [0.3, 0.4) is 0 Å². The molecule has 7 heteroatoms. The lowest BCUT2D eigenvalue weighted by molar-refractivity contribution is -0.112. The lowest BCUT2D eigenvalue weighted by Crippen LogP contribution is -2.11. The molecule has 2 aliphatic rings. The van der Waals surface area contributed by atoms with Crippen LogP contribution in [0.25, 0.3) is 0 Å². The number of hydrogen-bond acceptors (Lipinski definition) is 3. The van der Waals surface area contributed by atoms with Gasteiger partial charge in [-0.2, -0.15) is 13.2 Å². The number of carbonyl (C=O) groups is 1. The van der Waals surface area contributed by atoms with Gasteiger partial charge >= 0.3 is 6.18 Å². The third-order valence-electron chi connectivity index (χ3n) is 1.83. The summed E-state index contributed by atoms with van der Waals surface area (Å²) in [5.41, 5.74) is 10.1. The molecule has 0 radical (unpaired) electrons. The third-order valence-corrected chi connectivity index (χ3v) is 1.83. The molecular weight excluding hydrogens is 211 g/mol. The number of ketones is 1. The van der Waals surface area contributed by atoms with Crippen LogP contribution in [-0.2, 0) is 4.79 Å². The summed E-state index contributed by atoms with van der Waals surface area (Å²) in [4.78, 5) is 12.9. The lowest BCUT2D eigenvalue weighted by atomic mass is 10.1. The van der Waals surface area contributed by atoms with Crippen molar-refractivity contribution in [3.8, 4) is 0 Å². The van der Waals surface area contributed by atoms with Crippen molar-refractivity contribution >= 4 is 5.78 Å². The Labute approximate surface area is 81.8 Å². The van der Waals surface area contributed by atoms with Crippen LogP contribution in [0.4, 0.5) is 13.2 Å². The molecule has 0 aromatic rings. The van der Waals surface area contributed by atoms with E-state index in [4.69, 9.17) is 11.1 Å². The number of carbonyl (C=O) groups excluding carboxylic acids is 1. The summed E-state index contributed by atoms with van der Waals surface area (Å²) in [5.74, 6) is -0.512. The minimum absolute atomic E-state index is 0.136. The van der Waals surface area contributed by atoms with E-state index in [0.29, 0.717) is 0 Å². The zero-order valence-electron chi connectivity index (χ0n) is 7.22. The molecule has 2 N–H and O–H groups in total. The number of nitrogens with zero attached hydrogens (tertiary/aromatic N) is 1. The largest absolute Gasteiger partial charge is 0.417 e. The summed E-state index contributed by atoms with van der Waals surface area (Å²) in [7, 11) is 0. The Balaban J connectivity index is 0.000000337. The Morgan fingerprint density at radius 1 is 1.20 bits per heavy atom. The maximum absolute atomic E-state index is 12.1. The zero-order chi connectivity index (χ0) is 11.6. The van der Waals surface area contributed by atoms with Gasteiger partial charge in [-0.25, -0.2) is 0 Å².